The average molecular weight is 381 g/mol. The Bertz CT molecular complexity index is 625. The van der Waals surface area contributed by atoms with E-state index < -0.39 is 0 Å². The van der Waals surface area contributed by atoms with E-state index in [9.17, 15) is 9.59 Å². The highest BCUT2D eigenvalue weighted by Crippen LogP contribution is 2.19. The van der Waals surface area contributed by atoms with Gasteiger partial charge < -0.3 is 20.9 Å². The van der Waals surface area contributed by atoms with Gasteiger partial charge in [-0.15, -0.1) is 12.4 Å². The second-order valence-electron chi connectivity index (χ2n) is 6.89. The Balaban J connectivity index is 0.00000243. The fraction of sp³-hybridized carbons (Fsp3) is 0.579. The van der Waals surface area contributed by atoms with Crippen molar-refractivity contribution in [1.29, 1.82) is 0 Å². The van der Waals surface area contributed by atoms with Crippen LogP contribution in [0.25, 0.3) is 0 Å². The maximum absolute atomic E-state index is 12.4. The van der Waals surface area contributed by atoms with Gasteiger partial charge in [0.1, 0.15) is 0 Å². The number of nitrogens with one attached hydrogen (secondary N) is 1. The normalized spacial score (nSPS) is 19.3. The third kappa shape index (κ3) is 4.89. The molecule has 2 aliphatic heterocycles. The van der Waals surface area contributed by atoms with Crippen molar-refractivity contribution in [3.05, 3.63) is 35.4 Å². The van der Waals surface area contributed by atoms with Crippen LogP contribution in [0.1, 0.15) is 36.8 Å². The lowest BCUT2D eigenvalue weighted by molar-refractivity contribution is -0.134. The Kier molecular flexibility index (Phi) is 7.72. The number of urea groups is 1. The molecule has 144 valence electrons. The molecule has 3 N–H and O–H groups in total. The molecule has 0 aromatic heterocycles. The van der Waals surface area contributed by atoms with E-state index >= 15 is 0 Å². The molecule has 1 saturated heterocycles. The molecule has 3 amide bonds. The number of carbonyl (C=O) groups is 2. The number of carbonyl (C=O) groups excluding carboxylic acids is 2. The van der Waals surface area contributed by atoms with Crippen molar-refractivity contribution in [3.8, 4) is 0 Å². The van der Waals surface area contributed by atoms with Gasteiger partial charge in [0.2, 0.25) is 5.91 Å². The number of hydrogen-bond acceptors (Lipinski definition) is 3. The highest BCUT2D eigenvalue weighted by atomic mass is 35.5. The van der Waals surface area contributed by atoms with Crippen LogP contribution >= 0.6 is 12.4 Å². The smallest absolute Gasteiger partial charge is 0.317 e. The SMILES string of the molecule is Cl.NCC1CCCCN1C(=O)CCNC(=O)N1CCc2ccccc2C1. The van der Waals surface area contributed by atoms with Gasteiger partial charge in [0, 0.05) is 45.2 Å². The van der Waals surface area contributed by atoms with Crippen LogP contribution in [0.5, 0.6) is 0 Å². The van der Waals surface area contributed by atoms with Gasteiger partial charge >= 0.3 is 6.03 Å². The molecule has 7 heteroatoms. The van der Waals surface area contributed by atoms with Gasteiger partial charge in [-0.2, -0.15) is 0 Å². The molecule has 1 unspecified atom stereocenters. The van der Waals surface area contributed by atoms with E-state index in [4.69, 9.17) is 5.73 Å². The Morgan fingerprint density at radius 1 is 1.15 bits per heavy atom. The summed E-state index contributed by atoms with van der Waals surface area (Å²) in [7, 11) is 0. The maximum atomic E-state index is 12.4. The van der Waals surface area contributed by atoms with Gasteiger partial charge in [0.15, 0.2) is 0 Å². The Morgan fingerprint density at radius 2 is 1.92 bits per heavy atom. The quantitative estimate of drug-likeness (QED) is 0.837. The minimum atomic E-state index is -0.0867. The number of hydrogen-bond donors (Lipinski definition) is 2. The summed E-state index contributed by atoms with van der Waals surface area (Å²) in [6.07, 6.45) is 4.39. The van der Waals surface area contributed by atoms with E-state index in [2.05, 4.69) is 17.4 Å². The van der Waals surface area contributed by atoms with Crippen molar-refractivity contribution >= 4 is 24.3 Å². The van der Waals surface area contributed by atoms with Gasteiger partial charge in [-0.25, -0.2) is 4.79 Å². The molecule has 2 heterocycles. The van der Waals surface area contributed by atoms with Gasteiger partial charge in [-0.1, -0.05) is 24.3 Å². The van der Waals surface area contributed by atoms with Gasteiger partial charge in [-0.05, 0) is 36.8 Å². The summed E-state index contributed by atoms with van der Waals surface area (Å²) in [6, 6.07) is 8.31. The van der Waals surface area contributed by atoms with Gasteiger partial charge in [0.25, 0.3) is 0 Å². The van der Waals surface area contributed by atoms with Crippen LogP contribution in [0.3, 0.4) is 0 Å². The number of halogens is 1. The number of fused-ring (bicyclic) bond motifs is 1. The second kappa shape index (κ2) is 9.78. The lowest BCUT2D eigenvalue weighted by atomic mass is 10.0. The van der Waals surface area contributed by atoms with Crippen molar-refractivity contribution in [1.82, 2.24) is 15.1 Å². The Labute approximate surface area is 161 Å². The van der Waals surface area contributed by atoms with Crippen LogP contribution in [0.15, 0.2) is 24.3 Å². The molecule has 6 nitrogen and oxygen atoms in total. The van der Waals surface area contributed by atoms with Crippen molar-refractivity contribution < 1.29 is 9.59 Å². The molecule has 0 saturated carbocycles. The van der Waals surface area contributed by atoms with Crippen LogP contribution in [-0.4, -0.2) is 54.0 Å². The molecule has 1 fully saturated rings. The molecule has 0 spiro atoms. The first-order chi connectivity index (χ1) is 12.2. The molecule has 1 aromatic rings. The first-order valence-corrected chi connectivity index (χ1v) is 9.28. The zero-order valence-corrected chi connectivity index (χ0v) is 16.0. The second-order valence-corrected chi connectivity index (χ2v) is 6.89. The van der Waals surface area contributed by atoms with Crippen molar-refractivity contribution in [2.75, 3.05) is 26.2 Å². The fourth-order valence-electron chi connectivity index (χ4n) is 3.77. The molecule has 0 bridgehead atoms. The van der Waals surface area contributed by atoms with E-state index in [1.807, 2.05) is 21.9 Å². The molecule has 3 rings (SSSR count). The molecular weight excluding hydrogens is 352 g/mol. The predicted molar refractivity (Wildman–Crippen MR) is 104 cm³/mol. The molecular formula is C19H29ClN4O2. The molecule has 26 heavy (non-hydrogen) atoms. The maximum Gasteiger partial charge on any atom is 0.317 e. The fourth-order valence-corrected chi connectivity index (χ4v) is 3.77. The lowest BCUT2D eigenvalue weighted by Gasteiger charge is -2.35. The van der Waals surface area contributed by atoms with Crippen molar-refractivity contribution in [3.63, 3.8) is 0 Å². The number of benzene rings is 1. The van der Waals surface area contributed by atoms with Gasteiger partial charge in [-0.3, -0.25) is 4.79 Å². The summed E-state index contributed by atoms with van der Waals surface area (Å²) >= 11 is 0. The summed E-state index contributed by atoms with van der Waals surface area (Å²) < 4.78 is 0. The number of rotatable bonds is 4. The number of piperidine rings is 1. The van der Waals surface area contributed by atoms with Gasteiger partial charge in [0.05, 0.1) is 0 Å². The molecule has 0 radical (unpaired) electrons. The minimum Gasteiger partial charge on any atom is -0.338 e. The monoisotopic (exact) mass is 380 g/mol. The van der Waals surface area contributed by atoms with E-state index in [0.717, 1.165) is 38.8 Å². The Morgan fingerprint density at radius 3 is 2.69 bits per heavy atom. The van der Waals surface area contributed by atoms with Crippen LogP contribution in [-0.2, 0) is 17.8 Å². The molecule has 1 aromatic carbocycles. The van der Waals surface area contributed by atoms with Crippen LogP contribution in [0.2, 0.25) is 0 Å². The number of nitrogens with zero attached hydrogens (tertiary/aromatic N) is 2. The van der Waals surface area contributed by atoms with E-state index in [1.54, 1.807) is 0 Å². The van der Waals surface area contributed by atoms with Crippen molar-refractivity contribution in [2.45, 2.75) is 44.7 Å². The summed E-state index contributed by atoms with van der Waals surface area (Å²) in [5.41, 5.74) is 8.30. The predicted octanol–water partition coefficient (Wildman–Crippen LogP) is 1.91. The summed E-state index contributed by atoms with van der Waals surface area (Å²) in [6.45, 7) is 3.04. The average Bonchev–Trinajstić information content (AvgIpc) is 2.67. The third-order valence-corrected chi connectivity index (χ3v) is 5.25. The summed E-state index contributed by atoms with van der Waals surface area (Å²) in [4.78, 5) is 28.5. The zero-order chi connectivity index (χ0) is 17.6. The molecule has 2 aliphatic rings. The molecule has 1 atom stereocenters. The van der Waals surface area contributed by atoms with Crippen LogP contribution < -0.4 is 11.1 Å². The number of nitrogens with two attached hydrogens (primary N) is 1. The first kappa shape index (κ1) is 20.5. The number of likely N-dealkylation sites (tertiary alicyclic amines) is 1. The standard InChI is InChI=1S/C19H28N4O2.ClH/c20-13-17-7-3-4-11-23(17)18(24)8-10-21-19(25)22-12-9-15-5-1-2-6-16(15)14-22;/h1-2,5-6,17H,3-4,7-14,20H2,(H,21,25);1H. The zero-order valence-electron chi connectivity index (χ0n) is 15.2. The lowest BCUT2D eigenvalue weighted by Crippen LogP contribution is -2.48. The van der Waals surface area contributed by atoms with Crippen LogP contribution in [0.4, 0.5) is 4.79 Å². The first-order valence-electron chi connectivity index (χ1n) is 9.28. The largest absolute Gasteiger partial charge is 0.338 e. The molecule has 0 aliphatic carbocycles. The van der Waals surface area contributed by atoms with E-state index in [-0.39, 0.29) is 30.4 Å². The summed E-state index contributed by atoms with van der Waals surface area (Å²) in [5.74, 6) is 0.0967. The van der Waals surface area contributed by atoms with Crippen molar-refractivity contribution in [2.24, 2.45) is 5.73 Å². The highest BCUT2D eigenvalue weighted by molar-refractivity contribution is 5.85. The minimum absolute atomic E-state index is 0. The van der Waals surface area contributed by atoms with Crippen LogP contribution in [0, 0.1) is 0 Å². The Hall–Kier alpha value is -1.79. The van der Waals surface area contributed by atoms with E-state index in [0.29, 0.717) is 26.1 Å². The number of amides is 3. The van der Waals surface area contributed by atoms with E-state index in [1.165, 1.54) is 11.1 Å². The topological polar surface area (TPSA) is 78.7 Å². The third-order valence-electron chi connectivity index (χ3n) is 5.25. The highest BCUT2D eigenvalue weighted by Gasteiger charge is 2.25. The summed E-state index contributed by atoms with van der Waals surface area (Å²) in [5, 5.41) is 2.89.